The molecular formula is C20H21N3O2. The van der Waals surface area contributed by atoms with Crippen LogP contribution >= 0.6 is 0 Å². The maximum Gasteiger partial charge on any atom is 0.316 e. The smallest absolute Gasteiger partial charge is 0.316 e. The summed E-state index contributed by atoms with van der Waals surface area (Å²) >= 11 is 0. The third-order valence-electron chi connectivity index (χ3n) is 5.31. The lowest BCUT2D eigenvalue weighted by molar-refractivity contribution is -0.140. The van der Waals surface area contributed by atoms with Gasteiger partial charge in [-0.25, -0.2) is 4.98 Å². The van der Waals surface area contributed by atoms with Crippen LogP contribution in [0.5, 0.6) is 0 Å². The molecule has 0 radical (unpaired) electrons. The summed E-state index contributed by atoms with van der Waals surface area (Å²) in [5.41, 5.74) is 6.36. The molecule has 1 aliphatic carbocycles. The Morgan fingerprint density at radius 3 is 2.84 bits per heavy atom. The van der Waals surface area contributed by atoms with Crippen LogP contribution in [0.3, 0.4) is 0 Å². The number of carboxylic acids is 1. The SMILES string of the molecule is NCCC[C@@H]1C[C@@]1(C(=O)O)c1cn(-c2ccc3ccccc3c2)cn1. The Labute approximate surface area is 146 Å². The Morgan fingerprint density at radius 1 is 1.28 bits per heavy atom. The van der Waals surface area contributed by atoms with Gasteiger partial charge in [-0.3, -0.25) is 4.79 Å². The van der Waals surface area contributed by atoms with Crippen LogP contribution in [-0.2, 0) is 10.2 Å². The lowest BCUT2D eigenvalue weighted by Gasteiger charge is -2.09. The Hall–Kier alpha value is -2.66. The topological polar surface area (TPSA) is 81.1 Å². The van der Waals surface area contributed by atoms with Gasteiger partial charge in [0.25, 0.3) is 0 Å². The highest BCUT2D eigenvalue weighted by Crippen LogP contribution is 2.56. The van der Waals surface area contributed by atoms with Gasteiger partial charge in [0.15, 0.2) is 0 Å². The zero-order valence-electron chi connectivity index (χ0n) is 13.9. The molecule has 0 unspecified atom stereocenters. The highest BCUT2D eigenvalue weighted by atomic mass is 16.4. The van der Waals surface area contributed by atoms with Crippen LogP contribution < -0.4 is 5.73 Å². The van der Waals surface area contributed by atoms with Gasteiger partial charge in [-0.05, 0) is 54.6 Å². The normalized spacial score (nSPS) is 22.2. The molecule has 3 aromatic rings. The van der Waals surface area contributed by atoms with Crippen LogP contribution in [0.25, 0.3) is 16.5 Å². The maximum atomic E-state index is 11.9. The summed E-state index contributed by atoms with van der Waals surface area (Å²) in [6.45, 7) is 0.595. The summed E-state index contributed by atoms with van der Waals surface area (Å²) in [5, 5.41) is 12.1. The van der Waals surface area contributed by atoms with Gasteiger partial charge in [0.05, 0.1) is 12.0 Å². The average Bonchev–Trinajstić information content (AvgIpc) is 3.16. The second-order valence-corrected chi connectivity index (χ2v) is 6.81. The first-order valence-corrected chi connectivity index (χ1v) is 8.62. The predicted molar refractivity (Wildman–Crippen MR) is 96.8 cm³/mol. The second kappa shape index (κ2) is 6.01. The monoisotopic (exact) mass is 335 g/mol. The van der Waals surface area contributed by atoms with E-state index < -0.39 is 11.4 Å². The molecule has 25 heavy (non-hydrogen) atoms. The van der Waals surface area contributed by atoms with E-state index in [4.69, 9.17) is 5.73 Å². The number of nitrogens with two attached hydrogens (primary N) is 1. The van der Waals surface area contributed by atoms with Crippen molar-refractivity contribution in [3.63, 3.8) is 0 Å². The number of imidazole rings is 1. The highest BCUT2D eigenvalue weighted by molar-refractivity contribution is 5.86. The molecule has 3 N–H and O–H groups in total. The summed E-state index contributed by atoms with van der Waals surface area (Å²) in [7, 11) is 0. The average molecular weight is 335 g/mol. The lowest BCUT2D eigenvalue weighted by atomic mass is 9.98. The van der Waals surface area contributed by atoms with Crippen molar-refractivity contribution < 1.29 is 9.90 Å². The third kappa shape index (κ3) is 2.61. The number of nitrogens with zero attached hydrogens (tertiary/aromatic N) is 2. The lowest BCUT2D eigenvalue weighted by Crippen LogP contribution is -2.23. The van der Waals surface area contributed by atoms with Crippen molar-refractivity contribution >= 4 is 16.7 Å². The Kier molecular flexibility index (Phi) is 3.81. The first kappa shape index (κ1) is 15.8. The molecule has 0 amide bonds. The van der Waals surface area contributed by atoms with Crippen molar-refractivity contribution in [1.82, 2.24) is 9.55 Å². The molecule has 0 aliphatic heterocycles. The minimum Gasteiger partial charge on any atom is -0.481 e. The first-order valence-electron chi connectivity index (χ1n) is 8.62. The number of fused-ring (bicyclic) bond motifs is 1. The molecule has 1 aliphatic rings. The number of aliphatic carboxylic acids is 1. The van der Waals surface area contributed by atoms with Crippen LogP contribution in [0.4, 0.5) is 0 Å². The zero-order chi connectivity index (χ0) is 17.4. The molecule has 1 saturated carbocycles. The molecule has 5 heteroatoms. The number of hydrogen-bond acceptors (Lipinski definition) is 3. The molecule has 0 bridgehead atoms. The summed E-state index contributed by atoms with van der Waals surface area (Å²) in [6, 6.07) is 14.4. The van der Waals surface area contributed by atoms with E-state index in [1.807, 2.05) is 29.0 Å². The van der Waals surface area contributed by atoms with Crippen molar-refractivity contribution in [2.75, 3.05) is 6.54 Å². The van der Waals surface area contributed by atoms with Crippen LogP contribution in [0, 0.1) is 5.92 Å². The number of aromatic nitrogens is 2. The summed E-state index contributed by atoms with van der Waals surface area (Å²) in [5.74, 6) is -0.646. The van der Waals surface area contributed by atoms with E-state index in [2.05, 4.69) is 29.2 Å². The Balaban J connectivity index is 1.66. The Morgan fingerprint density at radius 2 is 2.08 bits per heavy atom. The van der Waals surface area contributed by atoms with Gasteiger partial charge >= 0.3 is 5.97 Å². The highest BCUT2D eigenvalue weighted by Gasteiger charge is 2.62. The van der Waals surface area contributed by atoms with E-state index in [0.29, 0.717) is 18.7 Å². The van der Waals surface area contributed by atoms with Crippen molar-refractivity contribution in [3.8, 4) is 5.69 Å². The minimum absolute atomic E-state index is 0.133. The number of carbonyl (C=O) groups is 1. The van der Waals surface area contributed by atoms with E-state index in [9.17, 15) is 9.90 Å². The van der Waals surface area contributed by atoms with Gasteiger partial charge in [0, 0.05) is 11.9 Å². The molecular weight excluding hydrogens is 314 g/mol. The fourth-order valence-corrected chi connectivity index (χ4v) is 3.76. The van der Waals surface area contributed by atoms with Gasteiger partial charge in [-0.1, -0.05) is 30.3 Å². The van der Waals surface area contributed by atoms with Crippen molar-refractivity contribution in [3.05, 3.63) is 60.7 Å². The van der Waals surface area contributed by atoms with Crippen molar-refractivity contribution in [2.45, 2.75) is 24.7 Å². The van der Waals surface area contributed by atoms with E-state index in [1.165, 1.54) is 5.39 Å². The van der Waals surface area contributed by atoms with E-state index in [0.717, 1.165) is 23.9 Å². The molecule has 4 rings (SSSR count). The van der Waals surface area contributed by atoms with E-state index >= 15 is 0 Å². The number of carboxylic acid groups (broad SMARTS) is 1. The Bertz CT molecular complexity index is 933. The van der Waals surface area contributed by atoms with Gasteiger partial charge in [0.2, 0.25) is 0 Å². The fraction of sp³-hybridized carbons (Fsp3) is 0.300. The van der Waals surface area contributed by atoms with E-state index in [1.54, 1.807) is 6.33 Å². The molecule has 0 spiro atoms. The summed E-state index contributed by atoms with van der Waals surface area (Å²) < 4.78 is 1.91. The quantitative estimate of drug-likeness (QED) is 0.725. The van der Waals surface area contributed by atoms with Gasteiger partial charge < -0.3 is 15.4 Å². The molecule has 2 aromatic carbocycles. The van der Waals surface area contributed by atoms with Crippen LogP contribution in [0.1, 0.15) is 25.0 Å². The molecule has 0 saturated heterocycles. The molecule has 128 valence electrons. The second-order valence-electron chi connectivity index (χ2n) is 6.81. The first-order chi connectivity index (χ1) is 12.1. The molecule has 1 fully saturated rings. The van der Waals surface area contributed by atoms with Crippen LogP contribution in [-0.4, -0.2) is 27.2 Å². The van der Waals surface area contributed by atoms with Crippen molar-refractivity contribution in [1.29, 1.82) is 0 Å². The van der Waals surface area contributed by atoms with E-state index in [-0.39, 0.29) is 5.92 Å². The third-order valence-corrected chi connectivity index (χ3v) is 5.31. The fourth-order valence-electron chi connectivity index (χ4n) is 3.76. The standard InChI is InChI=1S/C20H21N3O2/c21-9-3-6-16-11-20(16,19(24)25)18-12-23(13-22-18)17-8-7-14-4-1-2-5-15(14)10-17/h1-2,4-5,7-8,10,12-13,16H,3,6,9,11,21H2,(H,24,25)/t16-,20+/m1/s1. The van der Waals surface area contributed by atoms with Crippen molar-refractivity contribution in [2.24, 2.45) is 11.7 Å². The minimum atomic E-state index is -0.836. The molecule has 2 atom stereocenters. The summed E-state index contributed by atoms with van der Waals surface area (Å²) in [6.07, 6.45) is 5.91. The number of hydrogen-bond donors (Lipinski definition) is 2. The van der Waals surface area contributed by atoms with Crippen LogP contribution in [0.2, 0.25) is 0 Å². The number of benzene rings is 2. The molecule has 5 nitrogen and oxygen atoms in total. The van der Waals surface area contributed by atoms with Gasteiger partial charge in [-0.2, -0.15) is 0 Å². The summed E-state index contributed by atoms with van der Waals surface area (Å²) in [4.78, 5) is 16.3. The van der Waals surface area contributed by atoms with Crippen LogP contribution in [0.15, 0.2) is 55.0 Å². The van der Waals surface area contributed by atoms with Gasteiger partial charge in [-0.15, -0.1) is 0 Å². The molecule has 1 aromatic heterocycles. The maximum absolute atomic E-state index is 11.9. The molecule has 1 heterocycles. The predicted octanol–water partition coefficient (Wildman–Crippen LogP) is 3.11. The zero-order valence-corrected chi connectivity index (χ0v) is 13.9. The number of rotatable bonds is 6. The largest absolute Gasteiger partial charge is 0.481 e. The van der Waals surface area contributed by atoms with Gasteiger partial charge in [0.1, 0.15) is 5.41 Å².